The third-order valence-corrected chi connectivity index (χ3v) is 3.10. The number of benzene rings is 3. The van der Waals surface area contributed by atoms with Crippen LogP contribution >= 0.6 is 0 Å². The molecule has 88 valence electrons. The molecule has 0 saturated heterocycles. The third-order valence-electron chi connectivity index (χ3n) is 3.10. The molecule has 3 aromatic rings. The molecule has 0 fully saturated rings. The molecule has 0 aliphatic rings. The van der Waals surface area contributed by atoms with Gasteiger partial charge in [-0.25, -0.2) is 0 Å². The van der Waals surface area contributed by atoms with E-state index in [1.165, 1.54) is 22.3 Å². The Morgan fingerprint density at radius 1 is 0.421 bits per heavy atom. The first kappa shape index (κ1) is 13.7. The quantitative estimate of drug-likeness (QED) is 0.600. The molecule has 1 heteroatoms. The van der Waals surface area contributed by atoms with Gasteiger partial charge >= 0.3 is 18.9 Å². The molecule has 3 aromatic carbocycles. The Kier molecular flexibility index (Phi) is 4.63. The summed E-state index contributed by atoms with van der Waals surface area (Å²) in [6.45, 7) is 0. The van der Waals surface area contributed by atoms with Gasteiger partial charge < -0.3 is 1.43 Å². The van der Waals surface area contributed by atoms with E-state index >= 15 is 0 Å². The second kappa shape index (κ2) is 6.43. The summed E-state index contributed by atoms with van der Waals surface area (Å²) in [6, 6.07) is 29.6. The molecule has 0 saturated carbocycles. The van der Waals surface area contributed by atoms with Gasteiger partial charge in [-0.05, 0) is 22.3 Å². The van der Waals surface area contributed by atoms with Crippen LogP contribution in [0, 0.1) is 0 Å². The topological polar surface area (TPSA) is 0 Å². The predicted molar refractivity (Wildman–Crippen MR) is 78.4 cm³/mol. The Bertz CT molecular complexity index is 577. The molecule has 19 heavy (non-hydrogen) atoms. The average molecular weight is 238 g/mol. The SMILES string of the molecule is [H-].[Li+].c1ccc(-c2ccccc2-c2ccccc2)cc1. The first-order valence-corrected chi connectivity index (χ1v) is 6.15. The van der Waals surface area contributed by atoms with Crippen molar-refractivity contribution in [1.29, 1.82) is 0 Å². The molecule has 0 aliphatic carbocycles. The second-order valence-electron chi connectivity index (χ2n) is 4.28. The van der Waals surface area contributed by atoms with E-state index < -0.39 is 0 Å². The first-order chi connectivity index (χ1) is 8.95. The van der Waals surface area contributed by atoms with Crippen LogP contribution < -0.4 is 18.9 Å². The molecule has 0 unspecified atom stereocenters. The van der Waals surface area contributed by atoms with Crippen molar-refractivity contribution in [2.75, 3.05) is 0 Å². The molecular formula is C18H15Li. The normalized spacial score (nSPS) is 9.68. The van der Waals surface area contributed by atoms with Gasteiger partial charge in [-0.1, -0.05) is 84.9 Å². The summed E-state index contributed by atoms with van der Waals surface area (Å²) in [6.07, 6.45) is 0. The summed E-state index contributed by atoms with van der Waals surface area (Å²) in [7, 11) is 0. The number of rotatable bonds is 2. The maximum absolute atomic E-state index is 2.18. The monoisotopic (exact) mass is 238 g/mol. The second-order valence-corrected chi connectivity index (χ2v) is 4.28. The molecule has 0 atom stereocenters. The van der Waals surface area contributed by atoms with E-state index in [1.54, 1.807) is 0 Å². The van der Waals surface area contributed by atoms with E-state index in [9.17, 15) is 0 Å². The van der Waals surface area contributed by atoms with Crippen molar-refractivity contribution in [2.45, 2.75) is 0 Å². The third kappa shape index (κ3) is 2.99. The standard InChI is InChI=1S/C18H14.Li.H/c1-3-9-15(10-4-1)17-13-7-8-14-18(17)16-11-5-2-6-12-16;;/h1-14H;;/q;+1;-1. The van der Waals surface area contributed by atoms with Gasteiger partial charge in [0, 0.05) is 0 Å². The van der Waals surface area contributed by atoms with Gasteiger partial charge in [0.1, 0.15) is 0 Å². The summed E-state index contributed by atoms with van der Waals surface area (Å²) < 4.78 is 0. The number of hydrogen-bond acceptors (Lipinski definition) is 0. The molecular weight excluding hydrogens is 223 g/mol. The van der Waals surface area contributed by atoms with Crippen molar-refractivity contribution in [3.05, 3.63) is 84.9 Å². The van der Waals surface area contributed by atoms with Gasteiger partial charge in [-0.2, -0.15) is 0 Å². The average Bonchev–Trinajstić information content (AvgIpc) is 2.49. The van der Waals surface area contributed by atoms with E-state index in [4.69, 9.17) is 0 Å². The molecule has 0 bridgehead atoms. The van der Waals surface area contributed by atoms with Crippen molar-refractivity contribution in [2.24, 2.45) is 0 Å². The van der Waals surface area contributed by atoms with E-state index in [2.05, 4.69) is 84.9 Å². The van der Waals surface area contributed by atoms with Crippen molar-refractivity contribution in [1.82, 2.24) is 0 Å². The zero-order valence-corrected chi connectivity index (χ0v) is 11.1. The minimum absolute atomic E-state index is 0. The Hall–Kier alpha value is -1.74. The van der Waals surface area contributed by atoms with E-state index in [0.717, 1.165) is 0 Å². The molecule has 0 radical (unpaired) electrons. The summed E-state index contributed by atoms with van der Waals surface area (Å²) >= 11 is 0. The van der Waals surface area contributed by atoms with E-state index in [0.29, 0.717) is 0 Å². The fraction of sp³-hybridized carbons (Fsp3) is 0. The predicted octanol–water partition coefficient (Wildman–Crippen LogP) is 2.14. The van der Waals surface area contributed by atoms with Crippen LogP contribution in [0.4, 0.5) is 0 Å². The summed E-state index contributed by atoms with van der Waals surface area (Å²) in [4.78, 5) is 0. The van der Waals surface area contributed by atoms with E-state index in [1.807, 2.05) is 0 Å². The van der Waals surface area contributed by atoms with Gasteiger partial charge in [0.2, 0.25) is 0 Å². The van der Waals surface area contributed by atoms with Gasteiger partial charge in [-0.15, -0.1) is 0 Å². The maximum Gasteiger partial charge on any atom is 1.00 e. The summed E-state index contributed by atoms with van der Waals surface area (Å²) in [5.41, 5.74) is 5.09. The van der Waals surface area contributed by atoms with Crippen molar-refractivity contribution < 1.29 is 20.3 Å². The van der Waals surface area contributed by atoms with Crippen LogP contribution in [0.1, 0.15) is 1.43 Å². The van der Waals surface area contributed by atoms with Crippen LogP contribution in [0.3, 0.4) is 0 Å². The van der Waals surface area contributed by atoms with Crippen LogP contribution in [0.2, 0.25) is 0 Å². The smallest absolute Gasteiger partial charge is 1.00 e. The Balaban J connectivity index is 0.000001000. The molecule has 0 aliphatic heterocycles. The van der Waals surface area contributed by atoms with Gasteiger partial charge in [0.15, 0.2) is 0 Å². The summed E-state index contributed by atoms with van der Waals surface area (Å²) in [5, 5.41) is 0. The molecule has 0 heterocycles. The van der Waals surface area contributed by atoms with Crippen molar-refractivity contribution >= 4 is 0 Å². The van der Waals surface area contributed by atoms with Crippen LogP contribution in [-0.2, 0) is 0 Å². The first-order valence-electron chi connectivity index (χ1n) is 6.15. The maximum atomic E-state index is 2.18. The Labute approximate surface area is 127 Å². The largest absolute Gasteiger partial charge is 1.00 e. The minimum atomic E-state index is 0. The summed E-state index contributed by atoms with van der Waals surface area (Å²) in [5.74, 6) is 0. The van der Waals surface area contributed by atoms with Crippen LogP contribution in [0.25, 0.3) is 22.3 Å². The van der Waals surface area contributed by atoms with Crippen LogP contribution in [0.15, 0.2) is 84.9 Å². The van der Waals surface area contributed by atoms with Gasteiger partial charge in [-0.3, -0.25) is 0 Å². The fourth-order valence-electron chi connectivity index (χ4n) is 2.22. The van der Waals surface area contributed by atoms with Crippen molar-refractivity contribution in [3.8, 4) is 22.3 Å². The van der Waals surface area contributed by atoms with Gasteiger partial charge in [0.05, 0.1) is 0 Å². The molecule has 0 spiro atoms. The molecule has 3 rings (SSSR count). The minimum Gasteiger partial charge on any atom is -1.00 e. The molecule has 0 amide bonds. The molecule has 0 aromatic heterocycles. The fourth-order valence-corrected chi connectivity index (χ4v) is 2.22. The van der Waals surface area contributed by atoms with Gasteiger partial charge in [0.25, 0.3) is 0 Å². The molecule has 0 N–H and O–H groups in total. The zero-order valence-electron chi connectivity index (χ0n) is 12.1. The Morgan fingerprint density at radius 2 is 0.737 bits per heavy atom. The van der Waals surface area contributed by atoms with Crippen LogP contribution in [-0.4, -0.2) is 0 Å². The number of hydrogen-bond donors (Lipinski definition) is 0. The van der Waals surface area contributed by atoms with E-state index in [-0.39, 0.29) is 20.3 Å². The molecule has 0 nitrogen and oxygen atoms in total. The zero-order chi connectivity index (χ0) is 12.2. The van der Waals surface area contributed by atoms with Crippen LogP contribution in [0.5, 0.6) is 0 Å². The van der Waals surface area contributed by atoms with Crippen molar-refractivity contribution in [3.63, 3.8) is 0 Å². The Morgan fingerprint density at radius 3 is 1.11 bits per heavy atom.